The van der Waals surface area contributed by atoms with E-state index in [0.29, 0.717) is 24.1 Å². The molecule has 0 bridgehead atoms. The summed E-state index contributed by atoms with van der Waals surface area (Å²) in [7, 11) is 0. The Hall–Kier alpha value is -0.940. The van der Waals surface area contributed by atoms with E-state index in [4.69, 9.17) is 0 Å². The van der Waals surface area contributed by atoms with Crippen molar-refractivity contribution in [2.24, 2.45) is 11.8 Å². The lowest BCUT2D eigenvalue weighted by Gasteiger charge is -2.27. The summed E-state index contributed by atoms with van der Waals surface area (Å²) in [6.07, 6.45) is 4.65. The number of hydrogen-bond donors (Lipinski definition) is 2. The number of amides is 1. The minimum atomic E-state index is 0.0393. The predicted octanol–water partition coefficient (Wildman–Crippen LogP) is 2.81. The zero-order chi connectivity index (χ0) is 13.7. The number of anilines is 1. The summed E-state index contributed by atoms with van der Waals surface area (Å²) in [5.41, 5.74) is 0. The number of piperidine rings is 1. The Morgan fingerprint density at radius 1 is 1.68 bits per heavy atom. The molecule has 5 heteroatoms. The fraction of sp³-hybridized carbons (Fsp3) is 0.571. The highest BCUT2D eigenvalue weighted by atomic mass is 79.9. The molecule has 1 fully saturated rings. The Kier molecular flexibility index (Phi) is 5.34. The van der Waals surface area contributed by atoms with Gasteiger partial charge in [0.25, 0.3) is 0 Å². The summed E-state index contributed by atoms with van der Waals surface area (Å²) in [5.74, 6) is 1.64. The van der Waals surface area contributed by atoms with E-state index in [-0.39, 0.29) is 5.91 Å². The molecule has 2 atom stereocenters. The second-order valence-electron chi connectivity index (χ2n) is 5.17. The first kappa shape index (κ1) is 14.5. The Balaban J connectivity index is 1.85. The first-order chi connectivity index (χ1) is 9.16. The van der Waals surface area contributed by atoms with E-state index in [1.54, 1.807) is 6.20 Å². The zero-order valence-corrected chi connectivity index (χ0v) is 12.7. The second-order valence-corrected chi connectivity index (χ2v) is 6.02. The van der Waals surface area contributed by atoms with E-state index in [1.165, 1.54) is 12.8 Å². The SMILES string of the molecule is CC(CC(=O)Nc1ncccc1Br)C1CCCNC1. The van der Waals surface area contributed by atoms with E-state index in [1.807, 2.05) is 12.1 Å². The van der Waals surface area contributed by atoms with Gasteiger partial charge in [-0.1, -0.05) is 6.92 Å². The topological polar surface area (TPSA) is 54.0 Å². The molecule has 0 aliphatic carbocycles. The summed E-state index contributed by atoms with van der Waals surface area (Å²) in [5, 5.41) is 6.26. The largest absolute Gasteiger partial charge is 0.316 e. The molecule has 1 saturated heterocycles. The van der Waals surface area contributed by atoms with Gasteiger partial charge in [-0.3, -0.25) is 4.79 Å². The van der Waals surface area contributed by atoms with Crippen molar-refractivity contribution in [3.63, 3.8) is 0 Å². The van der Waals surface area contributed by atoms with Crippen molar-refractivity contribution in [1.29, 1.82) is 0 Å². The molecule has 2 heterocycles. The number of halogens is 1. The van der Waals surface area contributed by atoms with E-state index in [2.05, 4.69) is 38.5 Å². The molecular weight excluding hydrogens is 306 g/mol. The third-order valence-electron chi connectivity index (χ3n) is 3.66. The molecule has 104 valence electrons. The molecule has 1 aromatic heterocycles. The van der Waals surface area contributed by atoms with E-state index >= 15 is 0 Å². The van der Waals surface area contributed by atoms with Crippen molar-refractivity contribution in [2.75, 3.05) is 18.4 Å². The van der Waals surface area contributed by atoms with Crippen LogP contribution in [0.15, 0.2) is 22.8 Å². The number of aromatic nitrogens is 1. The molecule has 2 unspecified atom stereocenters. The highest BCUT2D eigenvalue weighted by Gasteiger charge is 2.22. The molecule has 0 aromatic carbocycles. The Labute approximate surface area is 122 Å². The molecule has 0 spiro atoms. The second kappa shape index (κ2) is 7.01. The summed E-state index contributed by atoms with van der Waals surface area (Å²) in [4.78, 5) is 16.2. The molecule has 1 aromatic rings. The fourth-order valence-corrected chi connectivity index (χ4v) is 2.84. The van der Waals surface area contributed by atoms with Gasteiger partial charge in [-0.25, -0.2) is 4.98 Å². The van der Waals surface area contributed by atoms with Crippen molar-refractivity contribution in [3.05, 3.63) is 22.8 Å². The van der Waals surface area contributed by atoms with Crippen molar-refractivity contribution in [1.82, 2.24) is 10.3 Å². The minimum Gasteiger partial charge on any atom is -0.316 e. The van der Waals surface area contributed by atoms with Gasteiger partial charge < -0.3 is 10.6 Å². The van der Waals surface area contributed by atoms with Crippen LogP contribution in [0.25, 0.3) is 0 Å². The van der Waals surface area contributed by atoms with E-state index < -0.39 is 0 Å². The molecule has 0 saturated carbocycles. The van der Waals surface area contributed by atoms with Gasteiger partial charge in [-0.15, -0.1) is 0 Å². The first-order valence-electron chi connectivity index (χ1n) is 6.78. The van der Waals surface area contributed by atoms with Crippen LogP contribution in [0.2, 0.25) is 0 Å². The standard InChI is InChI=1S/C14H20BrN3O/c1-10(11-4-2-6-16-9-11)8-13(19)18-14-12(15)5-3-7-17-14/h3,5,7,10-11,16H,2,4,6,8-9H2,1H3,(H,17,18,19). The van der Waals surface area contributed by atoms with E-state index in [0.717, 1.165) is 17.6 Å². The van der Waals surface area contributed by atoms with Crippen LogP contribution in [0.1, 0.15) is 26.2 Å². The number of carbonyl (C=O) groups is 1. The lowest BCUT2D eigenvalue weighted by atomic mass is 9.85. The van der Waals surface area contributed by atoms with Gasteiger partial charge in [-0.05, 0) is 65.8 Å². The molecule has 19 heavy (non-hydrogen) atoms. The maximum absolute atomic E-state index is 12.0. The van der Waals surface area contributed by atoms with Gasteiger partial charge in [-0.2, -0.15) is 0 Å². The molecule has 0 radical (unpaired) electrons. The number of hydrogen-bond acceptors (Lipinski definition) is 3. The zero-order valence-electron chi connectivity index (χ0n) is 11.2. The summed E-state index contributed by atoms with van der Waals surface area (Å²) in [6, 6.07) is 3.70. The smallest absolute Gasteiger partial charge is 0.225 e. The van der Waals surface area contributed by atoms with Gasteiger partial charge in [0.1, 0.15) is 5.82 Å². The van der Waals surface area contributed by atoms with Crippen molar-refractivity contribution < 1.29 is 4.79 Å². The van der Waals surface area contributed by atoms with Gasteiger partial charge in [0.15, 0.2) is 0 Å². The van der Waals surface area contributed by atoms with Gasteiger partial charge >= 0.3 is 0 Å². The molecule has 1 aliphatic rings. The van der Waals surface area contributed by atoms with Crippen LogP contribution in [0.5, 0.6) is 0 Å². The molecule has 1 amide bonds. The van der Waals surface area contributed by atoms with Crippen LogP contribution < -0.4 is 10.6 Å². The Morgan fingerprint density at radius 3 is 3.21 bits per heavy atom. The van der Waals surface area contributed by atoms with Gasteiger partial charge in [0.2, 0.25) is 5.91 Å². The molecule has 2 rings (SSSR count). The van der Waals surface area contributed by atoms with Crippen LogP contribution in [0.4, 0.5) is 5.82 Å². The number of nitrogens with one attached hydrogen (secondary N) is 2. The number of rotatable bonds is 4. The number of carbonyl (C=O) groups excluding carboxylic acids is 1. The van der Waals surface area contributed by atoms with Crippen LogP contribution in [-0.4, -0.2) is 24.0 Å². The fourth-order valence-electron chi connectivity index (χ4n) is 2.48. The lowest BCUT2D eigenvalue weighted by molar-refractivity contribution is -0.117. The maximum Gasteiger partial charge on any atom is 0.225 e. The normalized spacial score (nSPS) is 20.8. The summed E-state index contributed by atoms with van der Waals surface area (Å²) in [6.45, 7) is 4.29. The Morgan fingerprint density at radius 2 is 2.53 bits per heavy atom. The van der Waals surface area contributed by atoms with E-state index in [9.17, 15) is 4.79 Å². The summed E-state index contributed by atoms with van der Waals surface area (Å²) < 4.78 is 0.815. The third kappa shape index (κ3) is 4.28. The number of nitrogens with zero attached hydrogens (tertiary/aromatic N) is 1. The van der Waals surface area contributed by atoms with Crippen molar-refractivity contribution in [2.45, 2.75) is 26.2 Å². The molecule has 4 nitrogen and oxygen atoms in total. The Bertz CT molecular complexity index is 432. The molecule has 2 N–H and O–H groups in total. The molecule has 1 aliphatic heterocycles. The van der Waals surface area contributed by atoms with Crippen molar-refractivity contribution in [3.8, 4) is 0 Å². The highest BCUT2D eigenvalue weighted by molar-refractivity contribution is 9.10. The minimum absolute atomic E-state index is 0.0393. The van der Waals surface area contributed by atoms with Crippen LogP contribution in [-0.2, 0) is 4.79 Å². The van der Waals surface area contributed by atoms with Gasteiger partial charge in [0.05, 0.1) is 4.47 Å². The van der Waals surface area contributed by atoms with Crippen molar-refractivity contribution >= 4 is 27.7 Å². The molecular formula is C14H20BrN3O. The monoisotopic (exact) mass is 325 g/mol. The van der Waals surface area contributed by atoms with Crippen LogP contribution >= 0.6 is 15.9 Å². The number of pyridine rings is 1. The maximum atomic E-state index is 12.0. The predicted molar refractivity (Wildman–Crippen MR) is 79.9 cm³/mol. The van der Waals surface area contributed by atoms with Crippen LogP contribution in [0.3, 0.4) is 0 Å². The van der Waals surface area contributed by atoms with Gasteiger partial charge in [0, 0.05) is 12.6 Å². The van der Waals surface area contributed by atoms with Crippen LogP contribution in [0, 0.1) is 11.8 Å². The average Bonchev–Trinajstić information content (AvgIpc) is 2.42. The highest BCUT2D eigenvalue weighted by Crippen LogP contribution is 2.24. The third-order valence-corrected chi connectivity index (χ3v) is 4.30. The average molecular weight is 326 g/mol. The first-order valence-corrected chi connectivity index (χ1v) is 7.57. The quantitative estimate of drug-likeness (QED) is 0.895. The lowest BCUT2D eigenvalue weighted by Crippen LogP contribution is -2.34. The summed E-state index contributed by atoms with van der Waals surface area (Å²) >= 11 is 3.38.